The Morgan fingerprint density at radius 1 is 1.14 bits per heavy atom. The standard InChI is InChI=1S/C23H27N3O2/c1-4-18(3)26(15-19-10-6-5-7-11-19)21(27)13-14-25-16-24-22-17(2)9-8-12-20(22)23(25)28/h5-12,16,18H,4,13-15H2,1-3H3. The van der Waals surface area contributed by atoms with Gasteiger partial charge in [0.2, 0.25) is 5.91 Å². The zero-order valence-corrected chi connectivity index (χ0v) is 16.8. The monoisotopic (exact) mass is 377 g/mol. The van der Waals surface area contributed by atoms with E-state index in [0.29, 0.717) is 18.5 Å². The van der Waals surface area contributed by atoms with Crippen LogP contribution in [0.1, 0.15) is 37.8 Å². The van der Waals surface area contributed by atoms with Gasteiger partial charge in [0, 0.05) is 25.6 Å². The normalized spacial score (nSPS) is 12.1. The smallest absolute Gasteiger partial charge is 0.261 e. The van der Waals surface area contributed by atoms with Crippen molar-refractivity contribution in [3.63, 3.8) is 0 Å². The largest absolute Gasteiger partial charge is 0.336 e. The van der Waals surface area contributed by atoms with Gasteiger partial charge >= 0.3 is 0 Å². The van der Waals surface area contributed by atoms with Crippen LogP contribution in [0, 0.1) is 6.92 Å². The van der Waals surface area contributed by atoms with Crippen molar-refractivity contribution in [1.82, 2.24) is 14.5 Å². The maximum absolute atomic E-state index is 12.9. The van der Waals surface area contributed by atoms with Gasteiger partial charge < -0.3 is 4.90 Å². The molecule has 0 bridgehead atoms. The fourth-order valence-corrected chi connectivity index (χ4v) is 3.35. The second-order valence-electron chi connectivity index (χ2n) is 7.23. The molecule has 0 aliphatic rings. The van der Waals surface area contributed by atoms with E-state index >= 15 is 0 Å². The Balaban J connectivity index is 1.76. The van der Waals surface area contributed by atoms with Gasteiger partial charge in [0.1, 0.15) is 0 Å². The Bertz CT molecular complexity index is 1010. The number of carbonyl (C=O) groups is 1. The lowest BCUT2D eigenvalue weighted by Crippen LogP contribution is -2.38. The molecule has 0 aliphatic carbocycles. The molecule has 1 aromatic heterocycles. The van der Waals surface area contributed by atoms with Crippen LogP contribution in [0.4, 0.5) is 0 Å². The fraction of sp³-hybridized carbons (Fsp3) is 0.348. The van der Waals surface area contributed by atoms with Gasteiger partial charge in [-0.25, -0.2) is 4.98 Å². The van der Waals surface area contributed by atoms with Crippen LogP contribution in [0.25, 0.3) is 10.9 Å². The summed E-state index contributed by atoms with van der Waals surface area (Å²) >= 11 is 0. The first-order valence-corrected chi connectivity index (χ1v) is 9.79. The van der Waals surface area contributed by atoms with Crippen LogP contribution in [-0.4, -0.2) is 26.4 Å². The first-order chi connectivity index (χ1) is 13.5. The summed E-state index contributed by atoms with van der Waals surface area (Å²) in [4.78, 5) is 32.0. The molecule has 0 spiro atoms. The number of amides is 1. The highest BCUT2D eigenvalue weighted by molar-refractivity contribution is 5.80. The molecule has 0 saturated carbocycles. The number of carbonyl (C=O) groups excluding carboxylic acids is 1. The van der Waals surface area contributed by atoms with E-state index in [1.54, 1.807) is 12.4 Å². The zero-order chi connectivity index (χ0) is 20.1. The highest BCUT2D eigenvalue weighted by Gasteiger charge is 2.19. The predicted molar refractivity (Wildman–Crippen MR) is 112 cm³/mol. The Hall–Kier alpha value is -2.95. The van der Waals surface area contributed by atoms with Gasteiger partial charge in [-0.1, -0.05) is 49.4 Å². The maximum atomic E-state index is 12.9. The third-order valence-electron chi connectivity index (χ3n) is 5.26. The number of fused-ring (bicyclic) bond motifs is 1. The lowest BCUT2D eigenvalue weighted by atomic mass is 10.1. The van der Waals surface area contributed by atoms with E-state index in [0.717, 1.165) is 23.1 Å². The first-order valence-electron chi connectivity index (χ1n) is 9.79. The van der Waals surface area contributed by atoms with Gasteiger partial charge in [-0.2, -0.15) is 0 Å². The minimum Gasteiger partial charge on any atom is -0.336 e. The molecule has 0 N–H and O–H groups in total. The van der Waals surface area contributed by atoms with E-state index < -0.39 is 0 Å². The van der Waals surface area contributed by atoms with Crippen molar-refractivity contribution >= 4 is 16.8 Å². The third kappa shape index (κ3) is 4.30. The summed E-state index contributed by atoms with van der Waals surface area (Å²) in [6.07, 6.45) is 2.71. The summed E-state index contributed by atoms with van der Waals surface area (Å²) in [5, 5.41) is 0.595. The summed E-state index contributed by atoms with van der Waals surface area (Å²) in [5.74, 6) is 0.0504. The van der Waals surface area contributed by atoms with E-state index in [1.807, 2.05) is 54.3 Å². The molecule has 0 saturated heterocycles. The maximum Gasteiger partial charge on any atom is 0.261 e. The van der Waals surface area contributed by atoms with Crippen molar-refractivity contribution < 1.29 is 4.79 Å². The highest BCUT2D eigenvalue weighted by atomic mass is 16.2. The molecule has 0 aliphatic heterocycles. The lowest BCUT2D eigenvalue weighted by Gasteiger charge is -2.29. The Labute approximate surface area is 165 Å². The Morgan fingerprint density at radius 2 is 1.89 bits per heavy atom. The SMILES string of the molecule is CCC(C)N(Cc1ccccc1)C(=O)CCn1cnc2c(C)cccc2c1=O. The van der Waals surface area contributed by atoms with Crippen molar-refractivity contribution in [1.29, 1.82) is 0 Å². The van der Waals surface area contributed by atoms with Crippen molar-refractivity contribution in [2.45, 2.75) is 52.7 Å². The zero-order valence-electron chi connectivity index (χ0n) is 16.8. The van der Waals surface area contributed by atoms with Gasteiger partial charge in [0.15, 0.2) is 0 Å². The van der Waals surface area contributed by atoms with Gasteiger partial charge in [-0.05, 0) is 37.5 Å². The second-order valence-corrected chi connectivity index (χ2v) is 7.23. The van der Waals surface area contributed by atoms with Crippen LogP contribution in [0.3, 0.4) is 0 Å². The minimum atomic E-state index is -0.0975. The van der Waals surface area contributed by atoms with Gasteiger partial charge in [0.25, 0.3) is 5.56 Å². The number of rotatable bonds is 7. The van der Waals surface area contributed by atoms with Crippen LogP contribution >= 0.6 is 0 Å². The third-order valence-corrected chi connectivity index (χ3v) is 5.26. The van der Waals surface area contributed by atoms with Crippen LogP contribution in [-0.2, 0) is 17.9 Å². The highest BCUT2D eigenvalue weighted by Crippen LogP contribution is 2.14. The average molecular weight is 377 g/mol. The van der Waals surface area contributed by atoms with Crippen LogP contribution in [0.5, 0.6) is 0 Å². The minimum absolute atomic E-state index is 0.0504. The number of para-hydroxylation sites is 1. The van der Waals surface area contributed by atoms with Gasteiger partial charge in [-0.15, -0.1) is 0 Å². The molecular weight excluding hydrogens is 350 g/mol. The lowest BCUT2D eigenvalue weighted by molar-refractivity contribution is -0.134. The number of hydrogen-bond acceptors (Lipinski definition) is 3. The van der Waals surface area contributed by atoms with Crippen LogP contribution in [0.15, 0.2) is 59.7 Å². The fourth-order valence-electron chi connectivity index (χ4n) is 3.35. The molecule has 0 radical (unpaired) electrons. The molecule has 1 atom stereocenters. The molecule has 2 aromatic carbocycles. The summed E-state index contributed by atoms with van der Waals surface area (Å²) < 4.78 is 1.54. The molecule has 5 nitrogen and oxygen atoms in total. The van der Waals surface area contributed by atoms with Gasteiger partial charge in [-0.3, -0.25) is 14.2 Å². The number of benzene rings is 2. The average Bonchev–Trinajstić information content (AvgIpc) is 2.72. The Morgan fingerprint density at radius 3 is 2.61 bits per heavy atom. The van der Waals surface area contributed by atoms with Crippen molar-refractivity contribution in [2.75, 3.05) is 0 Å². The number of hydrogen-bond donors (Lipinski definition) is 0. The van der Waals surface area contributed by atoms with Crippen molar-refractivity contribution in [3.05, 3.63) is 76.3 Å². The van der Waals surface area contributed by atoms with E-state index in [9.17, 15) is 9.59 Å². The van der Waals surface area contributed by atoms with E-state index in [4.69, 9.17) is 0 Å². The molecule has 146 valence electrons. The molecule has 1 amide bonds. The number of nitrogens with zero attached hydrogens (tertiary/aromatic N) is 3. The summed E-state index contributed by atoms with van der Waals surface area (Å²) in [6, 6.07) is 15.7. The topological polar surface area (TPSA) is 55.2 Å². The van der Waals surface area contributed by atoms with Crippen LogP contribution in [0.2, 0.25) is 0 Å². The van der Waals surface area contributed by atoms with Crippen molar-refractivity contribution in [3.8, 4) is 0 Å². The van der Waals surface area contributed by atoms with Crippen molar-refractivity contribution in [2.24, 2.45) is 0 Å². The van der Waals surface area contributed by atoms with E-state index in [1.165, 1.54) is 4.57 Å². The molecule has 0 fully saturated rings. The van der Waals surface area contributed by atoms with E-state index in [-0.39, 0.29) is 23.9 Å². The summed E-state index contributed by atoms with van der Waals surface area (Å²) in [7, 11) is 0. The van der Waals surface area contributed by atoms with Crippen LogP contribution < -0.4 is 5.56 Å². The summed E-state index contributed by atoms with van der Waals surface area (Å²) in [6.45, 7) is 6.99. The van der Waals surface area contributed by atoms with E-state index in [2.05, 4.69) is 18.8 Å². The second kappa shape index (κ2) is 8.83. The van der Waals surface area contributed by atoms with Gasteiger partial charge in [0.05, 0.1) is 17.2 Å². The quantitative estimate of drug-likeness (QED) is 0.627. The molecule has 3 aromatic rings. The molecule has 5 heteroatoms. The molecule has 28 heavy (non-hydrogen) atoms. The molecule has 3 rings (SSSR count). The molecular formula is C23H27N3O2. The molecule has 1 heterocycles. The summed E-state index contributed by atoms with van der Waals surface area (Å²) in [5.41, 5.74) is 2.71. The first kappa shape index (κ1) is 19.8. The Kier molecular flexibility index (Phi) is 6.24. The number of aromatic nitrogens is 2. The molecule has 1 unspecified atom stereocenters. The number of aryl methyl sites for hydroxylation is 2. The predicted octanol–water partition coefficient (Wildman–Crippen LogP) is 3.92.